The van der Waals surface area contributed by atoms with Gasteiger partial charge in [0.2, 0.25) is 0 Å². The van der Waals surface area contributed by atoms with Crippen LogP contribution in [0.25, 0.3) is 0 Å². The van der Waals surface area contributed by atoms with E-state index in [1.165, 1.54) is 5.56 Å². The second-order valence-electron chi connectivity index (χ2n) is 5.80. The molecule has 2 N–H and O–H groups in total. The zero-order valence-electron chi connectivity index (χ0n) is 13.5. The van der Waals surface area contributed by atoms with Crippen molar-refractivity contribution in [2.24, 2.45) is 5.92 Å². The predicted molar refractivity (Wildman–Crippen MR) is 84.6 cm³/mol. The van der Waals surface area contributed by atoms with Gasteiger partial charge in [0.15, 0.2) is 6.61 Å². The molecular weight excluding hydrogens is 266 g/mol. The van der Waals surface area contributed by atoms with E-state index < -0.39 is 0 Å². The van der Waals surface area contributed by atoms with E-state index in [1.807, 2.05) is 27.7 Å². The van der Waals surface area contributed by atoms with E-state index in [1.54, 1.807) is 0 Å². The Bertz CT molecular complexity index is 448. The number of amides is 1. The van der Waals surface area contributed by atoms with E-state index in [9.17, 15) is 4.79 Å². The topological polar surface area (TPSA) is 58.6 Å². The Hall–Kier alpha value is -1.55. The molecule has 0 fully saturated rings. The summed E-state index contributed by atoms with van der Waals surface area (Å²) >= 11 is 0. The largest absolute Gasteiger partial charge is 0.483 e. The standard InChI is InChI=1S/C17H27NO3/c1-12(10-19)6-5-7-18-16(20)11-21-17-14(3)8-13(2)9-15(17)4/h8-9,12,19H,5-7,10-11H2,1-4H3,(H,18,20). The number of aryl methyl sites for hydroxylation is 3. The summed E-state index contributed by atoms with van der Waals surface area (Å²) in [7, 11) is 0. The van der Waals surface area contributed by atoms with E-state index in [0.717, 1.165) is 29.7 Å². The maximum Gasteiger partial charge on any atom is 0.257 e. The Morgan fingerprint density at radius 3 is 2.48 bits per heavy atom. The minimum absolute atomic E-state index is 0.0420. The number of rotatable bonds is 8. The number of ether oxygens (including phenoxy) is 1. The van der Waals surface area contributed by atoms with Crippen LogP contribution < -0.4 is 10.1 Å². The van der Waals surface area contributed by atoms with Crippen molar-refractivity contribution in [3.8, 4) is 5.75 Å². The van der Waals surface area contributed by atoms with Gasteiger partial charge < -0.3 is 15.2 Å². The second kappa shape index (κ2) is 8.67. The minimum Gasteiger partial charge on any atom is -0.483 e. The van der Waals surface area contributed by atoms with Gasteiger partial charge in [0.05, 0.1) is 0 Å². The summed E-state index contributed by atoms with van der Waals surface area (Å²) in [5, 5.41) is 11.8. The molecule has 1 atom stereocenters. The van der Waals surface area contributed by atoms with Crippen LogP contribution in [0.2, 0.25) is 0 Å². The molecule has 21 heavy (non-hydrogen) atoms. The van der Waals surface area contributed by atoms with Crippen molar-refractivity contribution in [3.05, 3.63) is 28.8 Å². The van der Waals surface area contributed by atoms with Crippen LogP contribution in [0.1, 0.15) is 36.5 Å². The zero-order chi connectivity index (χ0) is 15.8. The van der Waals surface area contributed by atoms with Crippen molar-refractivity contribution in [2.45, 2.75) is 40.5 Å². The van der Waals surface area contributed by atoms with Gasteiger partial charge in [0, 0.05) is 13.2 Å². The Morgan fingerprint density at radius 2 is 1.90 bits per heavy atom. The van der Waals surface area contributed by atoms with Gasteiger partial charge in [-0.15, -0.1) is 0 Å². The summed E-state index contributed by atoms with van der Waals surface area (Å²) in [5.41, 5.74) is 3.30. The van der Waals surface area contributed by atoms with Gasteiger partial charge in [-0.25, -0.2) is 0 Å². The fraction of sp³-hybridized carbons (Fsp3) is 0.588. The molecule has 118 valence electrons. The summed E-state index contributed by atoms with van der Waals surface area (Å²) in [6.07, 6.45) is 1.78. The number of aliphatic hydroxyl groups excluding tert-OH is 1. The molecule has 0 heterocycles. The number of carbonyl (C=O) groups is 1. The summed E-state index contributed by atoms with van der Waals surface area (Å²) in [5.74, 6) is 0.978. The third kappa shape index (κ3) is 6.17. The number of nitrogens with one attached hydrogen (secondary N) is 1. The number of benzene rings is 1. The highest BCUT2D eigenvalue weighted by atomic mass is 16.5. The number of aliphatic hydroxyl groups is 1. The van der Waals surface area contributed by atoms with Gasteiger partial charge in [-0.2, -0.15) is 0 Å². The molecule has 1 amide bonds. The fourth-order valence-electron chi connectivity index (χ4n) is 2.35. The molecule has 0 spiro atoms. The SMILES string of the molecule is Cc1cc(C)c(OCC(=O)NCCCC(C)CO)c(C)c1. The molecule has 0 aromatic heterocycles. The van der Waals surface area contributed by atoms with Crippen LogP contribution in [0.5, 0.6) is 5.75 Å². The van der Waals surface area contributed by atoms with Crippen molar-refractivity contribution in [2.75, 3.05) is 19.8 Å². The molecule has 1 unspecified atom stereocenters. The van der Waals surface area contributed by atoms with Crippen LogP contribution in [0.3, 0.4) is 0 Å². The van der Waals surface area contributed by atoms with E-state index in [0.29, 0.717) is 6.54 Å². The molecule has 1 rings (SSSR count). The molecule has 4 heteroatoms. The second-order valence-corrected chi connectivity index (χ2v) is 5.80. The monoisotopic (exact) mass is 293 g/mol. The molecule has 0 saturated carbocycles. The Kier molecular flexibility index (Phi) is 7.23. The molecule has 1 aromatic rings. The van der Waals surface area contributed by atoms with E-state index in [4.69, 9.17) is 9.84 Å². The normalized spacial score (nSPS) is 12.0. The lowest BCUT2D eigenvalue weighted by Crippen LogP contribution is -2.30. The average Bonchev–Trinajstić information content (AvgIpc) is 2.42. The minimum atomic E-state index is -0.106. The maximum atomic E-state index is 11.7. The summed E-state index contributed by atoms with van der Waals surface area (Å²) in [6, 6.07) is 4.10. The number of carbonyl (C=O) groups excluding carboxylic acids is 1. The lowest BCUT2D eigenvalue weighted by molar-refractivity contribution is -0.123. The Morgan fingerprint density at radius 1 is 1.29 bits per heavy atom. The lowest BCUT2D eigenvalue weighted by Gasteiger charge is -2.13. The Labute approximate surface area is 127 Å². The molecule has 0 aliphatic heterocycles. The van der Waals surface area contributed by atoms with Crippen molar-refractivity contribution in [1.29, 1.82) is 0 Å². The van der Waals surface area contributed by atoms with E-state index in [-0.39, 0.29) is 25.0 Å². The van der Waals surface area contributed by atoms with Crippen molar-refractivity contribution < 1.29 is 14.6 Å². The first-order chi connectivity index (χ1) is 9.93. The van der Waals surface area contributed by atoms with Gasteiger partial charge in [0.25, 0.3) is 5.91 Å². The van der Waals surface area contributed by atoms with E-state index in [2.05, 4.69) is 17.4 Å². The summed E-state index contributed by atoms with van der Waals surface area (Å²) < 4.78 is 5.63. The Balaban J connectivity index is 2.34. The fourth-order valence-corrected chi connectivity index (χ4v) is 2.35. The number of hydrogen-bond acceptors (Lipinski definition) is 3. The third-order valence-electron chi connectivity index (χ3n) is 3.46. The van der Waals surface area contributed by atoms with Gasteiger partial charge in [0.1, 0.15) is 5.75 Å². The molecule has 0 aliphatic rings. The van der Waals surface area contributed by atoms with E-state index >= 15 is 0 Å². The molecule has 0 radical (unpaired) electrons. The van der Waals surface area contributed by atoms with Crippen LogP contribution >= 0.6 is 0 Å². The highest BCUT2D eigenvalue weighted by molar-refractivity contribution is 5.77. The zero-order valence-corrected chi connectivity index (χ0v) is 13.5. The molecule has 0 saturated heterocycles. The highest BCUT2D eigenvalue weighted by Gasteiger charge is 2.08. The van der Waals surface area contributed by atoms with Gasteiger partial charge >= 0.3 is 0 Å². The quantitative estimate of drug-likeness (QED) is 0.724. The molecule has 4 nitrogen and oxygen atoms in total. The van der Waals surface area contributed by atoms with Crippen molar-refractivity contribution in [3.63, 3.8) is 0 Å². The molecule has 0 aliphatic carbocycles. The highest BCUT2D eigenvalue weighted by Crippen LogP contribution is 2.24. The summed E-state index contributed by atoms with van der Waals surface area (Å²) in [6.45, 7) is 8.88. The van der Waals surface area contributed by atoms with Crippen LogP contribution in [0.15, 0.2) is 12.1 Å². The van der Waals surface area contributed by atoms with Crippen LogP contribution in [-0.4, -0.2) is 30.8 Å². The van der Waals surface area contributed by atoms with Crippen LogP contribution in [-0.2, 0) is 4.79 Å². The van der Waals surface area contributed by atoms with Gasteiger partial charge in [-0.05, 0) is 50.7 Å². The molecule has 0 bridgehead atoms. The third-order valence-corrected chi connectivity index (χ3v) is 3.46. The van der Waals surface area contributed by atoms with Gasteiger partial charge in [-0.3, -0.25) is 4.79 Å². The van der Waals surface area contributed by atoms with Crippen LogP contribution in [0, 0.1) is 26.7 Å². The summed E-state index contributed by atoms with van der Waals surface area (Å²) in [4.78, 5) is 11.7. The first-order valence-corrected chi connectivity index (χ1v) is 7.52. The maximum absolute atomic E-state index is 11.7. The average molecular weight is 293 g/mol. The number of hydrogen-bond donors (Lipinski definition) is 2. The first kappa shape index (κ1) is 17.5. The molecule has 1 aromatic carbocycles. The smallest absolute Gasteiger partial charge is 0.257 e. The van der Waals surface area contributed by atoms with Gasteiger partial charge in [-0.1, -0.05) is 24.6 Å². The molecular formula is C17H27NO3. The lowest BCUT2D eigenvalue weighted by atomic mass is 10.1. The predicted octanol–water partition coefficient (Wildman–Crippen LogP) is 2.52. The van der Waals surface area contributed by atoms with Crippen molar-refractivity contribution in [1.82, 2.24) is 5.32 Å². The van der Waals surface area contributed by atoms with Crippen LogP contribution in [0.4, 0.5) is 0 Å². The van der Waals surface area contributed by atoms with Crippen molar-refractivity contribution >= 4 is 5.91 Å². The first-order valence-electron chi connectivity index (χ1n) is 7.52.